The van der Waals surface area contributed by atoms with Crippen LogP contribution in [0.15, 0.2) is 53.8 Å². The van der Waals surface area contributed by atoms with Crippen molar-refractivity contribution in [1.82, 2.24) is 19.4 Å². The lowest BCUT2D eigenvalue weighted by atomic mass is 10.1. The van der Waals surface area contributed by atoms with Crippen LogP contribution in [0.2, 0.25) is 0 Å². The van der Waals surface area contributed by atoms with Gasteiger partial charge in [-0.2, -0.15) is 13.2 Å². The van der Waals surface area contributed by atoms with Gasteiger partial charge in [-0.05, 0) is 36.8 Å². The molecule has 0 atom stereocenters. The molecule has 0 radical (unpaired) electrons. The first-order valence-electron chi connectivity index (χ1n) is 9.98. The predicted molar refractivity (Wildman–Crippen MR) is 124 cm³/mol. The summed E-state index contributed by atoms with van der Waals surface area (Å²) in [5.41, 5.74) is 10.3. The van der Waals surface area contributed by atoms with Crippen molar-refractivity contribution in [2.24, 2.45) is 0 Å². The summed E-state index contributed by atoms with van der Waals surface area (Å²) in [6.45, 7) is 1.91. The molecule has 4 aromatic rings. The Bertz CT molecular complexity index is 1550. The number of imidazole rings is 1. The molecular weight excluding hydrogens is 503 g/mol. The number of aryl methyl sites for hydroxylation is 1. The minimum absolute atomic E-state index is 0.240. The third-order valence-corrected chi connectivity index (χ3v) is 6.02. The number of pyridine rings is 1. The average Bonchev–Trinajstić information content (AvgIpc) is 3.22. The van der Waals surface area contributed by atoms with Gasteiger partial charge in [0.15, 0.2) is 21.3 Å². The Morgan fingerprint density at radius 1 is 1.17 bits per heavy atom. The molecule has 0 bridgehead atoms. The average molecular weight is 523 g/mol. The molecule has 1 aromatic carbocycles. The largest absolute Gasteiger partial charge is 0.490 e. The lowest BCUT2D eigenvalue weighted by Crippen LogP contribution is -2.21. The molecule has 3 N–H and O–H groups in total. The number of nitrogens with two attached hydrogens (primary N) is 1. The minimum Gasteiger partial charge on any atom is -0.481 e. The number of hydrogen-bond acceptors (Lipinski definition) is 8. The Labute approximate surface area is 203 Å². The summed E-state index contributed by atoms with van der Waals surface area (Å²) in [5, 5.41) is 7.12. The number of carbonyl (C=O) groups is 1. The molecule has 0 saturated carbocycles. The number of hydrogen-bond donors (Lipinski definition) is 2. The first-order valence-corrected chi connectivity index (χ1v) is 11.9. The highest BCUT2D eigenvalue weighted by Crippen LogP contribution is 2.32. The maximum absolute atomic E-state index is 12.0. The summed E-state index contributed by atoms with van der Waals surface area (Å²) >= 11 is 0. The van der Waals surface area contributed by atoms with Crippen molar-refractivity contribution in [3.63, 3.8) is 0 Å². The van der Waals surface area contributed by atoms with Crippen LogP contribution in [0, 0.1) is 6.92 Å². The van der Waals surface area contributed by atoms with Gasteiger partial charge in [-0.1, -0.05) is 6.07 Å². The zero-order valence-corrected chi connectivity index (χ0v) is 19.9. The van der Waals surface area contributed by atoms with Crippen LogP contribution < -0.4 is 10.5 Å². The number of nitrogens with zero attached hydrogens (tertiary/aromatic N) is 4. The highest BCUT2D eigenvalue weighted by atomic mass is 32.2. The van der Waals surface area contributed by atoms with Crippen molar-refractivity contribution in [2.75, 3.05) is 19.1 Å². The van der Waals surface area contributed by atoms with E-state index in [1.165, 1.54) is 13.4 Å². The second-order valence-corrected chi connectivity index (χ2v) is 9.48. The molecule has 0 spiro atoms. The Morgan fingerprint density at radius 2 is 1.83 bits per heavy atom. The van der Waals surface area contributed by atoms with Gasteiger partial charge in [0.1, 0.15) is 0 Å². The molecule has 190 valence electrons. The van der Waals surface area contributed by atoms with Gasteiger partial charge in [-0.3, -0.25) is 4.40 Å². The monoisotopic (exact) mass is 523 g/mol. The molecule has 10 nitrogen and oxygen atoms in total. The summed E-state index contributed by atoms with van der Waals surface area (Å²) in [5.74, 6) is -2.08. The molecule has 0 unspecified atom stereocenters. The first-order chi connectivity index (χ1) is 16.7. The van der Waals surface area contributed by atoms with E-state index in [0.29, 0.717) is 28.5 Å². The Kier molecular flexibility index (Phi) is 7.20. The molecule has 0 aliphatic carbocycles. The van der Waals surface area contributed by atoms with Crippen molar-refractivity contribution in [2.45, 2.75) is 18.0 Å². The topological polar surface area (TPSA) is 150 Å². The number of aliphatic carboxylic acids is 1. The molecule has 36 heavy (non-hydrogen) atoms. The standard InChI is InChI=1S/C20H19N5O3S.C2HF3O2/c1-12-6-7-13(29(3,26)27)9-15(12)17-10-23-19-18(21)24-16(11-25(17)19)14-5-4-8-22-20(14)28-2;3-2(4,5)1(6)7/h4-11H,1-3H3,(H2,21,24);(H,6,7). The molecule has 0 fully saturated rings. The molecule has 0 amide bonds. The van der Waals surface area contributed by atoms with E-state index in [2.05, 4.69) is 15.0 Å². The second-order valence-electron chi connectivity index (χ2n) is 7.46. The molecule has 0 saturated heterocycles. The molecule has 3 aromatic heterocycles. The van der Waals surface area contributed by atoms with Crippen molar-refractivity contribution < 1.29 is 36.2 Å². The third kappa shape index (κ3) is 5.54. The van der Waals surface area contributed by atoms with Gasteiger partial charge in [0.25, 0.3) is 0 Å². The van der Waals surface area contributed by atoms with Gasteiger partial charge in [0, 0.05) is 24.2 Å². The summed E-state index contributed by atoms with van der Waals surface area (Å²) in [6.07, 6.45) is 1.18. The van der Waals surface area contributed by atoms with Crippen LogP contribution in [-0.2, 0) is 14.6 Å². The van der Waals surface area contributed by atoms with Gasteiger partial charge in [0.05, 0.1) is 35.2 Å². The van der Waals surface area contributed by atoms with Crippen molar-refractivity contribution in [1.29, 1.82) is 0 Å². The molecule has 3 heterocycles. The van der Waals surface area contributed by atoms with Crippen molar-refractivity contribution >= 4 is 27.3 Å². The number of rotatable bonds is 4. The quantitative estimate of drug-likeness (QED) is 0.410. The van der Waals surface area contributed by atoms with Crippen LogP contribution in [0.3, 0.4) is 0 Å². The summed E-state index contributed by atoms with van der Waals surface area (Å²) in [7, 11) is -1.81. The number of anilines is 1. The molecule has 0 aliphatic heterocycles. The lowest BCUT2D eigenvalue weighted by molar-refractivity contribution is -0.192. The van der Waals surface area contributed by atoms with Crippen LogP contribution in [-0.4, -0.2) is 58.4 Å². The molecular formula is C22H20F3N5O5S. The van der Waals surface area contributed by atoms with Gasteiger partial charge in [0.2, 0.25) is 5.88 Å². The fraction of sp³-hybridized carbons (Fsp3) is 0.182. The number of halogens is 3. The van der Waals surface area contributed by atoms with E-state index in [-0.39, 0.29) is 10.7 Å². The van der Waals surface area contributed by atoms with E-state index in [9.17, 15) is 21.6 Å². The number of benzene rings is 1. The Morgan fingerprint density at radius 3 is 2.42 bits per heavy atom. The first kappa shape index (κ1) is 26.4. The summed E-state index contributed by atoms with van der Waals surface area (Å²) < 4.78 is 62.9. The van der Waals surface area contributed by atoms with Gasteiger partial charge < -0.3 is 15.6 Å². The zero-order chi connectivity index (χ0) is 26.8. The van der Waals surface area contributed by atoms with Crippen LogP contribution in [0.5, 0.6) is 5.88 Å². The lowest BCUT2D eigenvalue weighted by Gasteiger charge is -2.11. The number of carboxylic acid groups (broad SMARTS) is 1. The predicted octanol–water partition coefficient (Wildman–Crippen LogP) is 3.39. The normalized spacial score (nSPS) is 11.6. The number of sulfone groups is 1. The number of aromatic nitrogens is 4. The number of methoxy groups -OCH3 is 1. The van der Waals surface area contributed by atoms with E-state index < -0.39 is 22.0 Å². The molecule has 4 rings (SSSR count). The number of fused-ring (bicyclic) bond motifs is 1. The highest BCUT2D eigenvalue weighted by Gasteiger charge is 2.38. The fourth-order valence-corrected chi connectivity index (χ4v) is 3.84. The zero-order valence-electron chi connectivity index (χ0n) is 19.1. The fourth-order valence-electron chi connectivity index (χ4n) is 3.20. The third-order valence-electron chi connectivity index (χ3n) is 4.91. The summed E-state index contributed by atoms with van der Waals surface area (Å²) in [6, 6.07) is 8.65. The second kappa shape index (κ2) is 9.81. The summed E-state index contributed by atoms with van der Waals surface area (Å²) in [4.78, 5) is 22.2. The Balaban J connectivity index is 0.000000454. The van der Waals surface area contributed by atoms with Gasteiger partial charge in [-0.25, -0.2) is 28.2 Å². The smallest absolute Gasteiger partial charge is 0.481 e. The molecule has 14 heteroatoms. The Hall–Kier alpha value is -4.20. The SMILES string of the molecule is COc1ncccc1-c1cn2c(-c3cc(S(C)(=O)=O)ccc3C)cnc2c(N)n1.O=C(O)C(F)(F)F. The van der Waals surface area contributed by atoms with Gasteiger partial charge in [-0.15, -0.1) is 0 Å². The molecule has 0 aliphatic rings. The maximum Gasteiger partial charge on any atom is 0.490 e. The number of ether oxygens (including phenoxy) is 1. The van der Waals surface area contributed by atoms with Crippen LogP contribution in [0.4, 0.5) is 19.0 Å². The van der Waals surface area contributed by atoms with Gasteiger partial charge >= 0.3 is 12.1 Å². The van der Waals surface area contributed by atoms with Crippen LogP contribution in [0.1, 0.15) is 5.56 Å². The van der Waals surface area contributed by atoms with E-state index in [0.717, 1.165) is 11.1 Å². The number of nitrogen functional groups attached to an aromatic ring is 1. The highest BCUT2D eigenvalue weighted by molar-refractivity contribution is 7.90. The van der Waals surface area contributed by atoms with E-state index >= 15 is 0 Å². The van der Waals surface area contributed by atoms with E-state index in [1.54, 1.807) is 47.3 Å². The van der Waals surface area contributed by atoms with E-state index in [1.807, 2.05) is 13.0 Å². The number of alkyl halides is 3. The van der Waals surface area contributed by atoms with Crippen molar-refractivity contribution in [3.8, 4) is 28.4 Å². The number of carboxylic acids is 1. The maximum atomic E-state index is 12.0. The van der Waals surface area contributed by atoms with Crippen LogP contribution >= 0.6 is 0 Å². The van der Waals surface area contributed by atoms with Crippen LogP contribution in [0.25, 0.3) is 28.2 Å². The van der Waals surface area contributed by atoms with Crippen molar-refractivity contribution in [3.05, 3.63) is 54.5 Å². The minimum atomic E-state index is -5.08. The van der Waals surface area contributed by atoms with E-state index in [4.69, 9.17) is 20.4 Å².